The molecule has 0 amide bonds. The van der Waals surface area contributed by atoms with E-state index in [2.05, 4.69) is 37.0 Å². The molecule has 1 fully saturated rings. The van der Waals surface area contributed by atoms with E-state index < -0.39 is 0 Å². The summed E-state index contributed by atoms with van der Waals surface area (Å²) in [5.74, 6) is 1.55. The number of nitrogens with zero attached hydrogens (tertiary/aromatic N) is 4. The van der Waals surface area contributed by atoms with Crippen LogP contribution in [0.15, 0.2) is 42.9 Å². The minimum Gasteiger partial charge on any atom is -0.341 e. The number of likely N-dealkylation sites (tertiary alicyclic amines) is 1. The highest BCUT2D eigenvalue weighted by molar-refractivity contribution is 5.74. The summed E-state index contributed by atoms with van der Waals surface area (Å²) in [5, 5.41) is 0. The van der Waals surface area contributed by atoms with Crippen LogP contribution in [0.2, 0.25) is 0 Å². The summed E-state index contributed by atoms with van der Waals surface area (Å²) in [6.07, 6.45) is 5.89. The Morgan fingerprint density at radius 2 is 2.18 bits per heavy atom. The molecule has 0 spiro atoms. The van der Waals surface area contributed by atoms with E-state index >= 15 is 0 Å². The van der Waals surface area contributed by atoms with Crippen LogP contribution in [0.4, 0.5) is 0 Å². The lowest BCUT2D eigenvalue weighted by Gasteiger charge is -2.31. The number of para-hydroxylation sites is 2. The molecule has 0 unspecified atom stereocenters. The van der Waals surface area contributed by atoms with Crippen molar-refractivity contribution in [2.24, 2.45) is 0 Å². The van der Waals surface area contributed by atoms with Crippen molar-refractivity contribution in [3.8, 4) is 0 Å². The van der Waals surface area contributed by atoms with Crippen LogP contribution >= 0.6 is 0 Å². The number of rotatable bonds is 3. The Morgan fingerprint density at radius 3 is 3.05 bits per heavy atom. The minimum atomic E-state index is 0.501. The van der Waals surface area contributed by atoms with Crippen LogP contribution in [0.1, 0.15) is 30.3 Å². The number of aromatic amines is 1. The number of aromatic nitrogens is 4. The number of benzene rings is 1. The quantitative estimate of drug-likeness (QED) is 0.806. The van der Waals surface area contributed by atoms with Gasteiger partial charge in [-0.05, 0) is 37.6 Å². The third kappa shape index (κ3) is 2.72. The molecule has 1 N–H and O–H groups in total. The Hall–Kier alpha value is -2.27. The summed E-state index contributed by atoms with van der Waals surface area (Å²) in [6, 6.07) is 10.2. The molecule has 1 aliphatic rings. The standard InChI is InChI=1S/C17H19N5/c1-2-6-16-15(5-1)20-17(21-16)11-22-9-3-4-13(10-22)14-7-8-18-12-19-14/h1-2,5-8,12-13H,3-4,9-11H2,(H,20,21)/t13-/m0/s1. The highest BCUT2D eigenvalue weighted by atomic mass is 15.2. The lowest BCUT2D eigenvalue weighted by atomic mass is 9.94. The van der Waals surface area contributed by atoms with E-state index in [0.717, 1.165) is 42.2 Å². The SMILES string of the molecule is c1ccc2[nH]c(CN3CCC[C@H](c4ccncn4)C3)nc2c1. The molecule has 3 aromatic rings. The second-order valence-electron chi connectivity index (χ2n) is 5.91. The summed E-state index contributed by atoms with van der Waals surface area (Å²) < 4.78 is 0. The number of imidazole rings is 1. The number of nitrogens with one attached hydrogen (secondary N) is 1. The average molecular weight is 293 g/mol. The number of hydrogen-bond acceptors (Lipinski definition) is 4. The zero-order valence-corrected chi connectivity index (χ0v) is 12.4. The fraction of sp³-hybridized carbons (Fsp3) is 0.353. The molecule has 1 aromatic carbocycles. The Morgan fingerprint density at radius 1 is 1.23 bits per heavy atom. The Balaban J connectivity index is 1.48. The second-order valence-corrected chi connectivity index (χ2v) is 5.91. The van der Waals surface area contributed by atoms with Gasteiger partial charge in [0.05, 0.1) is 17.6 Å². The van der Waals surface area contributed by atoms with Gasteiger partial charge in [-0.25, -0.2) is 15.0 Å². The van der Waals surface area contributed by atoms with Crippen molar-refractivity contribution in [1.29, 1.82) is 0 Å². The second kappa shape index (κ2) is 5.85. The van der Waals surface area contributed by atoms with Crippen LogP contribution in [-0.4, -0.2) is 37.9 Å². The van der Waals surface area contributed by atoms with Crippen molar-refractivity contribution in [1.82, 2.24) is 24.8 Å². The maximum atomic E-state index is 4.68. The molecule has 22 heavy (non-hydrogen) atoms. The first-order chi connectivity index (χ1) is 10.9. The molecule has 0 radical (unpaired) electrons. The third-order valence-electron chi connectivity index (χ3n) is 4.34. The fourth-order valence-electron chi connectivity index (χ4n) is 3.28. The zero-order chi connectivity index (χ0) is 14.8. The van der Waals surface area contributed by atoms with Gasteiger partial charge < -0.3 is 4.98 Å². The van der Waals surface area contributed by atoms with Gasteiger partial charge in [0, 0.05) is 24.4 Å². The monoisotopic (exact) mass is 293 g/mol. The molecule has 2 aromatic heterocycles. The number of hydrogen-bond donors (Lipinski definition) is 1. The van der Waals surface area contributed by atoms with Gasteiger partial charge in [-0.1, -0.05) is 12.1 Å². The van der Waals surface area contributed by atoms with Gasteiger partial charge in [0.1, 0.15) is 12.2 Å². The lowest BCUT2D eigenvalue weighted by Crippen LogP contribution is -2.34. The van der Waals surface area contributed by atoms with Crippen LogP contribution in [-0.2, 0) is 6.54 Å². The molecule has 5 heteroatoms. The van der Waals surface area contributed by atoms with Gasteiger partial charge in [0.25, 0.3) is 0 Å². The molecular weight excluding hydrogens is 274 g/mol. The van der Waals surface area contributed by atoms with Crippen molar-refractivity contribution in [2.75, 3.05) is 13.1 Å². The molecule has 1 atom stereocenters. The Bertz CT molecular complexity index is 719. The lowest BCUT2D eigenvalue weighted by molar-refractivity contribution is 0.195. The predicted molar refractivity (Wildman–Crippen MR) is 85.4 cm³/mol. The number of H-pyrrole nitrogens is 1. The predicted octanol–water partition coefficient (Wildman–Crippen LogP) is 2.73. The van der Waals surface area contributed by atoms with Crippen LogP contribution in [0.25, 0.3) is 11.0 Å². The van der Waals surface area contributed by atoms with Gasteiger partial charge in [0.15, 0.2) is 0 Å². The average Bonchev–Trinajstić information content (AvgIpc) is 2.98. The topological polar surface area (TPSA) is 57.7 Å². The van der Waals surface area contributed by atoms with Crippen LogP contribution < -0.4 is 0 Å². The van der Waals surface area contributed by atoms with Gasteiger partial charge in [-0.15, -0.1) is 0 Å². The molecule has 0 aliphatic carbocycles. The van der Waals surface area contributed by atoms with Crippen LogP contribution in [0.3, 0.4) is 0 Å². The zero-order valence-electron chi connectivity index (χ0n) is 12.4. The van der Waals surface area contributed by atoms with E-state index in [1.807, 2.05) is 24.4 Å². The summed E-state index contributed by atoms with van der Waals surface area (Å²) in [4.78, 5) is 19.0. The van der Waals surface area contributed by atoms with Crippen molar-refractivity contribution >= 4 is 11.0 Å². The largest absolute Gasteiger partial charge is 0.341 e. The summed E-state index contributed by atoms with van der Waals surface area (Å²) >= 11 is 0. The van der Waals surface area contributed by atoms with E-state index in [0.29, 0.717) is 5.92 Å². The molecule has 1 saturated heterocycles. The first-order valence-electron chi connectivity index (χ1n) is 7.80. The number of fused-ring (bicyclic) bond motifs is 1. The Labute approximate surface area is 129 Å². The van der Waals surface area contributed by atoms with E-state index in [-0.39, 0.29) is 0 Å². The fourth-order valence-corrected chi connectivity index (χ4v) is 3.28. The van der Waals surface area contributed by atoms with Gasteiger partial charge in [-0.2, -0.15) is 0 Å². The molecule has 5 nitrogen and oxygen atoms in total. The van der Waals surface area contributed by atoms with E-state index in [9.17, 15) is 0 Å². The minimum absolute atomic E-state index is 0.501. The molecule has 0 bridgehead atoms. The van der Waals surface area contributed by atoms with E-state index in [4.69, 9.17) is 0 Å². The summed E-state index contributed by atoms with van der Waals surface area (Å²) in [5.41, 5.74) is 3.31. The highest BCUT2D eigenvalue weighted by Gasteiger charge is 2.22. The summed E-state index contributed by atoms with van der Waals surface area (Å²) in [7, 11) is 0. The van der Waals surface area contributed by atoms with Crippen molar-refractivity contribution < 1.29 is 0 Å². The number of piperidine rings is 1. The maximum Gasteiger partial charge on any atom is 0.121 e. The van der Waals surface area contributed by atoms with Crippen molar-refractivity contribution in [2.45, 2.75) is 25.3 Å². The van der Waals surface area contributed by atoms with Crippen molar-refractivity contribution in [3.05, 3.63) is 54.4 Å². The van der Waals surface area contributed by atoms with Crippen LogP contribution in [0.5, 0.6) is 0 Å². The molecule has 1 aliphatic heterocycles. The maximum absolute atomic E-state index is 4.68. The van der Waals surface area contributed by atoms with Gasteiger partial charge in [0.2, 0.25) is 0 Å². The molecule has 112 valence electrons. The molecular formula is C17H19N5. The van der Waals surface area contributed by atoms with Gasteiger partial charge in [-0.3, -0.25) is 4.90 Å². The Kier molecular flexibility index (Phi) is 3.56. The molecule has 4 rings (SSSR count). The van der Waals surface area contributed by atoms with Gasteiger partial charge >= 0.3 is 0 Å². The van der Waals surface area contributed by atoms with Crippen LogP contribution in [0, 0.1) is 0 Å². The first kappa shape index (κ1) is 13.4. The molecule has 0 saturated carbocycles. The summed E-state index contributed by atoms with van der Waals surface area (Å²) in [6.45, 7) is 3.03. The van der Waals surface area contributed by atoms with E-state index in [1.165, 1.54) is 12.8 Å². The highest BCUT2D eigenvalue weighted by Crippen LogP contribution is 2.26. The molecule has 3 heterocycles. The normalized spacial score (nSPS) is 19.5. The third-order valence-corrected chi connectivity index (χ3v) is 4.34. The smallest absolute Gasteiger partial charge is 0.121 e. The van der Waals surface area contributed by atoms with Crippen molar-refractivity contribution in [3.63, 3.8) is 0 Å². The first-order valence-corrected chi connectivity index (χ1v) is 7.80. The van der Waals surface area contributed by atoms with E-state index in [1.54, 1.807) is 6.33 Å².